The molecule has 2 aromatic rings. The Balaban J connectivity index is 1.67. The number of nitrogens with zero attached hydrogens (tertiary/aromatic N) is 3. The monoisotopic (exact) mass is 270 g/mol. The molecule has 1 aliphatic carbocycles. The highest BCUT2D eigenvalue weighted by molar-refractivity contribution is 5.46. The summed E-state index contributed by atoms with van der Waals surface area (Å²) in [4.78, 5) is 3.98. The molecule has 0 radical (unpaired) electrons. The van der Waals surface area contributed by atoms with Gasteiger partial charge in [0, 0.05) is 11.7 Å². The van der Waals surface area contributed by atoms with Crippen LogP contribution in [0.1, 0.15) is 38.2 Å². The van der Waals surface area contributed by atoms with Crippen LogP contribution in [-0.2, 0) is 6.54 Å². The molecule has 3 rings (SSSR count). The predicted molar refractivity (Wildman–Crippen MR) is 80.6 cm³/mol. The smallest absolute Gasteiger partial charge is 0.137 e. The van der Waals surface area contributed by atoms with Gasteiger partial charge in [0.15, 0.2) is 0 Å². The molecule has 0 bridgehead atoms. The van der Waals surface area contributed by atoms with Crippen LogP contribution >= 0.6 is 0 Å². The van der Waals surface area contributed by atoms with Gasteiger partial charge in [-0.05, 0) is 36.5 Å². The van der Waals surface area contributed by atoms with E-state index >= 15 is 0 Å². The molecule has 1 heterocycles. The van der Waals surface area contributed by atoms with Gasteiger partial charge in [-0.15, -0.1) is 0 Å². The second kappa shape index (κ2) is 6.07. The van der Waals surface area contributed by atoms with E-state index in [2.05, 4.69) is 46.6 Å². The van der Waals surface area contributed by atoms with Gasteiger partial charge in [-0.3, -0.25) is 0 Å². The zero-order valence-corrected chi connectivity index (χ0v) is 12.0. The maximum Gasteiger partial charge on any atom is 0.137 e. The Morgan fingerprint density at radius 2 is 2.20 bits per heavy atom. The van der Waals surface area contributed by atoms with Crippen LogP contribution in [0.25, 0.3) is 0 Å². The first kappa shape index (κ1) is 13.2. The lowest BCUT2D eigenvalue weighted by atomic mass is 9.86. The quantitative estimate of drug-likeness (QED) is 0.926. The molecule has 0 saturated heterocycles. The van der Waals surface area contributed by atoms with Gasteiger partial charge in [0.05, 0.1) is 6.54 Å². The van der Waals surface area contributed by atoms with Gasteiger partial charge in [-0.2, -0.15) is 5.10 Å². The van der Waals surface area contributed by atoms with Gasteiger partial charge in [-0.1, -0.05) is 31.9 Å². The van der Waals surface area contributed by atoms with Crippen molar-refractivity contribution >= 4 is 5.69 Å². The minimum Gasteiger partial charge on any atom is -0.382 e. The van der Waals surface area contributed by atoms with E-state index in [-0.39, 0.29) is 0 Å². The predicted octanol–water partition coefficient (Wildman–Crippen LogP) is 3.32. The SMILES string of the molecule is CC1CCCCC1Nc1cccc(Cn2cncn2)c1. The summed E-state index contributed by atoms with van der Waals surface area (Å²) in [5.74, 6) is 0.766. The molecule has 2 unspecified atom stereocenters. The molecule has 106 valence electrons. The largest absolute Gasteiger partial charge is 0.382 e. The van der Waals surface area contributed by atoms with Gasteiger partial charge in [-0.25, -0.2) is 9.67 Å². The topological polar surface area (TPSA) is 42.7 Å². The van der Waals surface area contributed by atoms with Crippen LogP contribution in [0.15, 0.2) is 36.9 Å². The Labute approximate surface area is 120 Å². The maximum atomic E-state index is 4.15. The van der Waals surface area contributed by atoms with Crippen molar-refractivity contribution in [2.24, 2.45) is 5.92 Å². The second-order valence-corrected chi connectivity index (χ2v) is 5.81. The molecule has 0 spiro atoms. The number of anilines is 1. The molecular formula is C16H22N4. The fourth-order valence-electron chi connectivity index (χ4n) is 3.01. The molecule has 1 N–H and O–H groups in total. The highest BCUT2D eigenvalue weighted by Crippen LogP contribution is 2.27. The third kappa shape index (κ3) is 3.18. The molecule has 0 aliphatic heterocycles. The maximum absolute atomic E-state index is 4.15. The van der Waals surface area contributed by atoms with Gasteiger partial charge in [0.1, 0.15) is 12.7 Å². The van der Waals surface area contributed by atoms with Crippen molar-refractivity contribution in [3.05, 3.63) is 42.5 Å². The minimum absolute atomic E-state index is 0.616. The van der Waals surface area contributed by atoms with Gasteiger partial charge in [0.2, 0.25) is 0 Å². The number of nitrogens with one attached hydrogen (secondary N) is 1. The zero-order valence-electron chi connectivity index (χ0n) is 12.0. The second-order valence-electron chi connectivity index (χ2n) is 5.81. The van der Waals surface area contributed by atoms with Crippen molar-refractivity contribution in [1.82, 2.24) is 14.8 Å². The molecule has 2 atom stereocenters. The highest BCUT2D eigenvalue weighted by Gasteiger charge is 2.20. The fraction of sp³-hybridized carbons (Fsp3) is 0.500. The average Bonchev–Trinajstić information content (AvgIpc) is 2.95. The lowest BCUT2D eigenvalue weighted by Crippen LogP contribution is -2.30. The molecule has 1 aliphatic rings. The summed E-state index contributed by atoms with van der Waals surface area (Å²) in [6.45, 7) is 3.13. The normalized spacial score (nSPS) is 22.6. The first-order valence-electron chi connectivity index (χ1n) is 7.49. The van der Waals surface area contributed by atoms with Crippen LogP contribution in [-0.4, -0.2) is 20.8 Å². The molecule has 1 fully saturated rings. The van der Waals surface area contributed by atoms with E-state index in [0.717, 1.165) is 12.5 Å². The first-order valence-corrected chi connectivity index (χ1v) is 7.49. The summed E-state index contributed by atoms with van der Waals surface area (Å²) in [6.07, 6.45) is 8.69. The first-order chi connectivity index (χ1) is 9.81. The van der Waals surface area contributed by atoms with Gasteiger partial charge < -0.3 is 5.32 Å². The summed E-state index contributed by atoms with van der Waals surface area (Å²) in [5, 5.41) is 7.86. The van der Waals surface area contributed by atoms with E-state index in [4.69, 9.17) is 0 Å². The summed E-state index contributed by atoms with van der Waals surface area (Å²) >= 11 is 0. The van der Waals surface area contributed by atoms with Crippen LogP contribution in [0, 0.1) is 5.92 Å². The van der Waals surface area contributed by atoms with E-state index in [0.29, 0.717) is 6.04 Å². The lowest BCUT2D eigenvalue weighted by Gasteiger charge is -2.30. The third-order valence-corrected chi connectivity index (χ3v) is 4.20. The Morgan fingerprint density at radius 1 is 1.30 bits per heavy atom. The van der Waals surface area contributed by atoms with Crippen molar-refractivity contribution in [1.29, 1.82) is 0 Å². The molecule has 4 heteroatoms. The molecule has 1 aromatic heterocycles. The van der Waals surface area contributed by atoms with Crippen molar-refractivity contribution in [3.8, 4) is 0 Å². The van der Waals surface area contributed by atoms with Crippen molar-refractivity contribution < 1.29 is 0 Å². The minimum atomic E-state index is 0.616. The van der Waals surface area contributed by atoms with Crippen LogP contribution < -0.4 is 5.32 Å². The van der Waals surface area contributed by atoms with Crippen molar-refractivity contribution in [2.45, 2.75) is 45.2 Å². The van der Waals surface area contributed by atoms with E-state index in [1.54, 1.807) is 12.7 Å². The average molecular weight is 270 g/mol. The van der Waals surface area contributed by atoms with Crippen molar-refractivity contribution in [2.75, 3.05) is 5.32 Å². The van der Waals surface area contributed by atoms with Crippen LogP contribution in [0.2, 0.25) is 0 Å². The Kier molecular flexibility index (Phi) is 4.00. The highest BCUT2D eigenvalue weighted by atomic mass is 15.3. The summed E-state index contributed by atoms with van der Waals surface area (Å²) < 4.78 is 1.85. The number of hydrogen-bond donors (Lipinski definition) is 1. The molecule has 0 amide bonds. The molecule has 4 nitrogen and oxygen atoms in total. The summed E-state index contributed by atoms with van der Waals surface area (Å²) in [6, 6.07) is 9.25. The van der Waals surface area contributed by atoms with Crippen LogP contribution in [0.4, 0.5) is 5.69 Å². The Bertz CT molecular complexity index is 535. The van der Waals surface area contributed by atoms with Crippen molar-refractivity contribution in [3.63, 3.8) is 0 Å². The molecule has 1 saturated carbocycles. The lowest BCUT2D eigenvalue weighted by molar-refractivity contribution is 0.349. The Hall–Kier alpha value is -1.84. The Morgan fingerprint density at radius 3 is 3.00 bits per heavy atom. The number of aromatic nitrogens is 3. The molecule has 1 aromatic carbocycles. The van der Waals surface area contributed by atoms with E-state index in [9.17, 15) is 0 Å². The van der Waals surface area contributed by atoms with Gasteiger partial charge >= 0.3 is 0 Å². The summed E-state index contributed by atoms with van der Waals surface area (Å²) in [7, 11) is 0. The van der Waals surface area contributed by atoms with E-state index < -0.39 is 0 Å². The van der Waals surface area contributed by atoms with Gasteiger partial charge in [0.25, 0.3) is 0 Å². The fourth-order valence-corrected chi connectivity index (χ4v) is 3.01. The molecule has 20 heavy (non-hydrogen) atoms. The molecular weight excluding hydrogens is 248 g/mol. The van der Waals surface area contributed by atoms with E-state index in [1.807, 2.05) is 4.68 Å². The standard InChI is InChI=1S/C16H22N4/c1-13-5-2-3-8-16(13)19-15-7-4-6-14(9-15)10-20-12-17-11-18-20/h4,6-7,9,11-13,16,19H,2-3,5,8,10H2,1H3. The van der Waals surface area contributed by atoms with Crippen LogP contribution in [0.5, 0.6) is 0 Å². The number of hydrogen-bond acceptors (Lipinski definition) is 3. The van der Waals surface area contributed by atoms with E-state index in [1.165, 1.54) is 36.9 Å². The number of benzene rings is 1. The number of rotatable bonds is 4. The zero-order chi connectivity index (χ0) is 13.8. The summed E-state index contributed by atoms with van der Waals surface area (Å²) in [5.41, 5.74) is 2.48. The van der Waals surface area contributed by atoms with Crippen LogP contribution in [0.3, 0.4) is 0 Å². The third-order valence-electron chi connectivity index (χ3n) is 4.20.